The van der Waals surface area contributed by atoms with E-state index >= 15 is 0 Å². The molecule has 7 heteroatoms. The van der Waals surface area contributed by atoms with Gasteiger partial charge in [0.15, 0.2) is 0 Å². The first kappa shape index (κ1) is 19.7. The summed E-state index contributed by atoms with van der Waals surface area (Å²) in [6, 6.07) is 11.8. The third kappa shape index (κ3) is 5.22. The van der Waals surface area contributed by atoms with Gasteiger partial charge in [-0.25, -0.2) is 0 Å². The van der Waals surface area contributed by atoms with Crippen molar-refractivity contribution in [2.75, 3.05) is 11.9 Å². The molecule has 0 saturated carbocycles. The van der Waals surface area contributed by atoms with Gasteiger partial charge in [0.2, 0.25) is 11.8 Å². The van der Waals surface area contributed by atoms with Crippen LogP contribution in [0.1, 0.15) is 29.5 Å². The molecule has 2 aromatic rings. The fraction of sp³-hybridized carbons (Fsp3) is 0.238. The first-order valence-corrected chi connectivity index (χ1v) is 8.84. The highest BCUT2D eigenvalue weighted by molar-refractivity contribution is 6.01. The molecule has 0 bridgehead atoms. The lowest BCUT2D eigenvalue weighted by Gasteiger charge is -2.16. The zero-order valence-electron chi connectivity index (χ0n) is 15.0. The van der Waals surface area contributed by atoms with Crippen LogP contribution < -0.4 is 5.32 Å². The average molecular weight is 388 g/mol. The van der Waals surface area contributed by atoms with Crippen molar-refractivity contribution in [3.63, 3.8) is 0 Å². The Labute approximate surface area is 160 Å². The number of alkyl halides is 3. The van der Waals surface area contributed by atoms with Crippen LogP contribution in [0.15, 0.2) is 54.6 Å². The summed E-state index contributed by atoms with van der Waals surface area (Å²) in [5.41, 5.74) is 1.26. The van der Waals surface area contributed by atoms with Crippen molar-refractivity contribution in [1.29, 1.82) is 0 Å². The second kappa shape index (κ2) is 8.29. The first-order valence-electron chi connectivity index (χ1n) is 8.84. The molecule has 0 spiro atoms. The number of amides is 2. The molecule has 1 aliphatic rings. The maximum Gasteiger partial charge on any atom is 0.416 e. The van der Waals surface area contributed by atoms with Crippen molar-refractivity contribution in [2.45, 2.75) is 25.6 Å². The minimum Gasteiger partial charge on any atom is -0.338 e. The number of nitrogens with one attached hydrogen (secondary N) is 1. The number of carbonyl (C=O) groups excluding carboxylic acids is 2. The van der Waals surface area contributed by atoms with Crippen LogP contribution >= 0.6 is 0 Å². The lowest BCUT2D eigenvalue weighted by Crippen LogP contribution is -2.23. The fourth-order valence-corrected chi connectivity index (χ4v) is 2.98. The highest BCUT2D eigenvalue weighted by Crippen LogP contribution is 2.29. The molecule has 0 aliphatic carbocycles. The standard InChI is InChI=1S/C21H19F3N2O2/c22-21(23,24)17-9-6-15(7-10-17)8-11-19(27)25-18-4-1-3-16(13-18)14-26-12-2-5-20(26)28/h1,3-4,6-11,13H,2,5,12,14H2,(H,25,27)/b11-8+. The summed E-state index contributed by atoms with van der Waals surface area (Å²) < 4.78 is 37.7. The molecular formula is C21H19F3N2O2. The first-order chi connectivity index (χ1) is 13.3. The summed E-state index contributed by atoms with van der Waals surface area (Å²) in [7, 11) is 0. The summed E-state index contributed by atoms with van der Waals surface area (Å²) in [6.07, 6.45) is -0.235. The molecule has 3 rings (SSSR count). The van der Waals surface area contributed by atoms with Gasteiger partial charge in [-0.1, -0.05) is 24.3 Å². The lowest BCUT2D eigenvalue weighted by atomic mass is 10.1. The molecule has 1 fully saturated rings. The largest absolute Gasteiger partial charge is 0.416 e. The number of carbonyl (C=O) groups is 2. The van der Waals surface area contributed by atoms with Crippen molar-refractivity contribution in [3.8, 4) is 0 Å². The summed E-state index contributed by atoms with van der Waals surface area (Å²) in [6.45, 7) is 1.25. The highest BCUT2D eigenvalue weighted by Gasteiger charge is 2.29. The predicted octanol–water partition coefficient (Wildman–Crippen LogP) is 4.48. The smallest absolute Gasteiger partial charge is 0.338 e. The monoisotopic (exact) mass is 388 g/mol. The highest BCUT2D eigenvalue weighted by atomic mass is 19.4. The SMILES string of the molecule is O=C(/C=C/c1ccc(C(F)(F)F)cc1)Nc1cccc(CN2CCCC2=O)c1. The Balaban J connectivity index is 1.59. The van der Waals surface area contributed by atoms with Crippen LogP contribution in [-0.2, 0) is 22.3 Å². The van der Waals surface area contributed by atoms with E-state index in [1.165, 1.54) is 24.3 Å². The number of rotatable bonds is 5. The van der Waals surface area contributed by atoms with Crippen LogP contribution in [0, 0.1) is 0 Å². The molecule has 0 unspecified atom stereocenters. The third-order valence-electron chi connectivity index (χ3n) is 4.40. The van der Waals surface area contributed by atoms with Crippen LogP contribution in [0.3, 0.4) is 0 Å². The van der Waals surface area contributed by atoms with Gasteiger partial charge in [-0.05, 0) is 47.9 Å². The van der Waals surface area contributed by atoms with Gasteiger partial charge in [-0.3, -0.25) is 9.59 Å². The summed E-state index contributed by atoms with van der Waals surface area (Å²) >= 11 is 0. The number of hydrogen-bond acceptors (Lipinski definition) is 2. The molecule has 0 atom stereocenters. The van der Waals surface area contributed by atoms with Gasteiger partial charge in [-0.2, -0.15) is 13.2 Å². The second-order valence-corrected chi connectivity index (χ2v) is 6.56. The Morgan fingerprint density at radius 1 is 1.14 bits per heavy atom. The van der Waals surface area contributed by atoms with Crippen LogP contribution in [-0.4, -0.2) is 23.3 Å². The van der Waals surface area contributed by atoms with E-state index in [-0.39, 0.29) is 5.91 Å². The minimum absolute atomic E-state index is 0.133. The molecule has 0 radical (unpaired) electrons. The second-order valence-electron chi connectivity index (χ2n) is 6.56. The maximum atomic E-state index is 12.6. The molecule has 1 saturated heterocycles. The molecule has 2 amide bonds. The average Bonchev–Trinajstić information content (AvgIpc) is 3.04. The van der Waals surface area contributed by atoms with E-state index in [9.17, 15) is 22.8 Å². The zero-order valence-corrected chi connectivity index (χ0v) is 15.0. The predicted molar refractivity (Wildman–Crippen MR) is 100 cm³/mol. The fourth-order valence-electron chi connectivity index (χ4n) is 2.98. The topological polar surface area (TPSA) is 49.4 Å². The summed E-state index contributed by atoms with van der Waals surface area (Å²) in [5.74, 6) is -0.261. The van der Waals surface area contributed by atoms with Crippen molar-refractivity contribution >= 4 is 23.6 Å². The van der Waals surface area contributed by atoms with Crippen LogP contribution in [0.5, 0.6) is 0 Å². The van der Waals surface area contributed by atoms with E-state index in [1.54, 1.807) is 23.1 Å². The van der Waals surface area contributed by atoms with E-state index in [4.69, 9.17) is 0 Å². The molecule has 1 aliphatic heterocycles. The summed E-state index contributed by atoms with van der Waals surface area (Å²) in [4.78, 5) is 25.6. The third-order valence-corrected chi connectivity index (χ3v) is 4.40. The Kier molecular flexibility index (Phi) is 5.82. The number of benzene rings is 2. The van der Waals surface area contributed by atoms with Crippen molar-refractivity contribution in [3.05, 3.63) is 71.3 Å². The van der Waals surface area contributed by atoms with Crippen molar-refractivity contribution in [2.24, 2.45) is 0 Å². The Hall–Kier alpha value is -3.09. The quantitative estimate of drug-likeness (QED) is 0.768. The van der Waals surface area contributed by atoms with E-state index in [0.29, 0.717) is 24.2 Å². The molecule has 28 heavy (non-hydrogen) atoms. The minimum atomic E-state index is -4.38. The molecule has 1 N–H and O–H groups in total. The molecule has 2 aromatic carbocycles. The van der Waals surface area contributed by atoms with Crippen LogP contribution in [0.2, 0.25) is 0 Å². The lowest BCUT2D eigenvalue weighted by molar-refractivity contribution is -0.137. The zero-order chi connectivity index (χ0) is 20.1. The number of halogens is 3. The Morgan fingerprint density at radius 2 is 1.89 bits per heavy atom. The number of hydrogen-bond donors (Lipinski definition) is 1. The molecule has 4 nitrogen and oxygen atoms in total. The number of likely N-dealkylation sites (tertiary alicyclic amines) is 1. The van der Waals surface area contributed by atoms with E-state index in [2.05, 4.69) is 5.32 Å². The van der Waals surface area contributed by atoms with E-state index in [1.807, 2.05) is 6.07 Å². The van der Waals surface area contributed by atoms with Crippen LogP contribution in [0.25, 0.3) is 6.08 Å². The normalized spacial score (nSPS) is 14.7. The van der Waals surface area contributed by atoms with Crippen LogP contribution in [0.4, 0.5) is 18.9 Å². The molecular weight excluding hydrogens is 369 g/mol. The number of nitrogens with zero attached hydrogens (tertiary/aromatic N) is 1. The van der Waals surface area contributed by atoms with E-state index < -0.39 is 17.6 Å². The van der Waals surface area contributed by atoms with Gasteiger partial charge < -0.3 is 10.2 Å². The van der Waals surface area contributed by atoms with Gasteiger partial charge in [-0.15, -0.1) is 0 Å². The molecule has 146 valence electrons. The Bertz CT molecular complexity index is 889. The Morgan fingerprint density at radius 3 is 2.54 bits per heavy atom. The van der Waals surface area contributed by atoms with Crippen molar-refractivity contribution in [1.82, 2.24) is 4.90 Å². The van der Waals surface area contributed by atoms with Gasteiger partial charge in [0.1, 0.15) is 0 Å². The maximum absolute atomic E-state index is 12.6. The summed E-state index contributed by atoms with van der Waals surface area (Å²) in [5, 5.41) is 2.72. The van der Waals surface area contributed by atoms with E-state index in [0.717, 1.165) is 30.7 Å². The van der Waals surface area contributed by atoms with Crippen molar-refractivity contribution < 1.29 is 22.8 Å². The van der Waals surface area contributed by atoms with Gasteiger partial charge >= 0.3 is 6.18 Å². The van der Waals surface area contributed by atoms with Gasteiger partial charge in [0, 0.05) is 31.3 Å². The van der Waals surface area contributed by atoms with Gasteiger partial charge in [0.25, 0.3) is 0 Å². The van der Waals surface area contributed by atoms with Gasteiger partial charge in [0.05, 0.1) is 5.56 Å². The molecule has 0 aromatic heterocycles. The molecule has 1 heterocycles. The number of anilines is 1.